The first-order valence-corrected chi connectivity index (χ1v) is 7.71. The van der Waals surface area contributed by atoms with E-state index in [0.717, 1.165) is 12.8 Å². The van der Waals surface area contributed by atoms with Gasteiger partial charge in [0.2, 0.25) is 0 Å². The number of ether oxygens (including phenoxy) is 2. The molecule has 4 nitrogen and oxygen atoms in total. The fourth-order valence-corrected chi connectivity index (χ4v) is 2.47. The Morgan fingerprint density at radius 1 is 1.04 bits per heavy atom. The quantitative estimate of drug-likeness (QED) is 0.851. The molecule has 1 atom stereocenters. The molecule has 0 fully saturated rings. The van der Waals surface area contributed by atoms with Crippen LogP contribution >= 0.6 is 0 Å². The summed E-state index contributed by atoms with van der Waals surface area (Å²) in [4.78, 5) is 12.5. The number of benzene rings is 2. The van der Waals surface area contributed by atoms with Gasteiger partial charge in [0, 0.05) is 6.04 Å². The third-order valence-corrected chi connectivity index (χ3v) is 3.73. The first-order valence-electron chi connectivity index (χ1n) is 7.71. The second-order valence-electron chi connectivity index (χ2n) is 5.44. The molecule has 0 radical (unpaired) electrons. The summed E-state index contributed by atoms with van der Waals surface area (Å²) in [5.74, 6) is 0.862. The smallest absolute Gasteiger partial charge is 0.255 e. The van der Waals surface area contributed by atoms with E-state index in [1.807, 2.05) is 25.1 Å². The summed E-state index contributed by atoms with van der Waals surface area (Å²) in [6.07, 6.45) is 1.81. The first-order chi connectivity index (χ1) is 11.2. The van der Waals surface area contributed by atoms with Gasteiger partial charge in [-0.15, -0.1) is 0 Å². The highest BCUT2D eigenvalue weighted by molar-refractivity contribution is 5.98. The molecule has 0 aromatic heterocycles. The number of carbonyl (C=O) groups is 1. The van der Waals surface area contributed by atoms with Crippen LogP contribution < -0.4 is 14.8 Å². The summed E-state index contributed by atoms with van der Waals surface area (Å²) in [5.41, 5.74) is 1.76. The summed E-state index contributed by atoms with van der Waals surface area (Å²) in [7, 11) is 3.09. The minimum Gasteiger partial charge on any atom is -0.493 e. The molecule has 0 spiro atoms. The molecular formula is C19H23NO3. The van der Waals surface area contributed by atoms with Crippen molar-refractivity contribution in [3.63, 3.8) is 0 Å². The SMILES string of the molecule is COc1cccc(C(=O)N[C@@H](C)CCc2ccccc2)c1OC. The van der Waals surface area contributed by atoms with E-state index in [4.69, 9.17) is 9.47 Å². The van der Waals surface area contributed by atoms with Crippen molar-refractivity contribution < 1.29 is 14.3 Å². The van der Waals surface area contributed by atoms with Crippen molar-refractivity contribution in [2.45, 2.75) is 25.8 Å². The van der Waals surface area contributed by atoms with Crippen LogP contribution in [0, 0.1) is 0 Å². The average Bonchev–Trinajstić information content (AvgIpc) is 2.59. The molecule has 0 bridgehead atoms. The number of hydrogen-bond acceptors (Lipinski definition) is 3. The molecule has 1 N–H and O–H groups in total. The molecule has 1 amide bonds. The Kier molecular flexibility index (Phi) is 6.03. The van der Waals surface area contributed by atoms with Crippen LogP contribution in [0.3, 0.4) is 0 Å². The molecule has 2 aromatic carbocycles. The van der Waals surface area contributed by atoms with Crippen LogP contribution in [0.5, 0.6) is 11.5 Å². The molecule has 0 saturated heterocycles. The molecule has 23 heavy (non-hydrogen) atoms. The van der Waals surface area contributed by atoms with Crippen LogP contribution in [-0.4, -0.2) is 26.2 Å². The van der Waals surface area contributed by atoms with E-state index in [1.54, 1.807) is 25.3 Å². The lowest BCUT2D eigenvalue weighted by Gasteiger charge is -2.16. The van der Waals surface area contributed by atoms with Crippen LogP contribution in [0.2, 0.25) is 0 Å². The lowest BCUT2D eigenvalue weighted by molar-refractivity contribution is 0.0934. The van der Waals surface area contributed by atoms with Gasteiger partial charge >= 0.3 is 0 Å². The van der Waals surface area contributed by atoms with Gasteiger partial charge in [-0.3, -0.25) is 4.79 Å². The number of carbonyl (C=O) groups excluding carboxylic acids is 1. The van der Waals surface area contributed by atoms with Crippen molar-refractivity contribution in [2.24, 2.45) is 0 Å². The maximum Gasteiger partial charge on any atom is 0.255 e. The number of amides is 1. The highest BCUT2D eigenvalue weighted by Crippen LogP contribution is 2.30. The van der Waals surface area contributed by atoms with Crippen LogP contribution in [0.4, 0.5) is 0 Å². The number of methoxy groups -OCH3 is 2. The maximum atomic E-state index is 12.5. The van der Waals surface area contributed by atoms with Crippen LogP contribution in [0.1, 0.15) is 29.3 Å². The topological polar surface area (TPSA) is 47.6 Å². The predicted octanol–water partition coefficient (Wildman–Crippen LogP) is 3.45. The lowest BCUT2D eigenvalue weighted by Crippen LogP contribution is -2.33. The van der Waals surface area contributed by atoms with Crippen molar-refractivity contribution >= 4 is 5.91 Å². The number of rotatable bonds is 7. The van der Waals surface area contributed by atoms with Crippen LogP contribution in [0.25, 0.3) is 0 Å². The number of nitrogens with one attached hydrogen (secondary N) is 1. The van der Waals surface area contributed by atoms with Crippen molar-refractivity contribution in [3.05, 3.63) is 59.7 Å². The van der Waals surface area contributed by atoms with Gasteiger partial charge in [0.25, 0.3) is 5.91 Å². The average molecular weight is 313 g/mol. The molecule has 122 valence electrons. The predicted molar refractivity (Wildman–Crippen MR) is 91.2 cm³/mol. The molecule has 0 unspecified atom stereocenters. The summed E-state index contributed by atoms with van der Waals surface area (Å²) < 4.78 is 10.5. The molecule has 2 aromatic rings. The molecule has 0 aliphatic rings. The Bertz CT molecular complexity index is 640. The van der Waals surface area contributed by atoms with E-state index < -0.39 is 0 Å². The van der Waals surface area contributed by atoms with Gasteiger partial charge < -0.3 is 14.8 Å². The van der Waals surface area contributed by atoms with Gasteiger partial charge in [-0.25, -0.2) is 0 Å². The van der Waals surface area contributed by atoms with Crippen LogP contribution in [0.15, 0.2) is 48.5 Å². The van der Waals surface area contributed by atoms with E-state index in [1.165, 1.54) is 12.7 Å². The van der Waals surface area contributed by atoms with E-state index in [0.29, 0.717) is 17.1 Å². The normalized spacial score (nSPS) is 11.6. The summed E-state index contributed by atoms with van der Waals surface area (Å²) in [5, 5.41) is 3.02. The monoisotopic (exact) mass is 313 g/mol. The fourth-order valence-electron chi connectivity index (χ4n) is 2.47. The lowest BCUT2D eigenvalue weighted by atomic mass is 10.1. The Labute approximate surface area is 137 Å². The van der Waals surface area contributed by atoms with Gasteiger partial charge in [-0.05, 0) is 37.5 Å². The van der Waals surface area contributed by atoms with E-state index >= 15 is 0 Å². The number of para-hydroxylation sites is 1. The molecule has 0 saturated carbocycles. The highest BCUT2D eigenvalue weighted by Gasteiger charge is 2.17. The molecular weight excluding hydrogens is 290 g/mol. The second kappa shape index (κ2) is 8.22. The Morgan fingerprint density at radius 3 is 2.43 bits per heavy atom. The molecule has 2 rings (SSSR count). The van der Waals surface area contributed by atoms with Gasteiger partial charge in [-0.1, -0.05) is 36.4 Å². The molecule has 0 aliphatic heterocycles. The summed E-state index contributed by atoms with van der Waals surface area (Å²) in [6.45, 7) is 2.01. The largest absolute Gasteiger partial charge is 0.493 e. The standard InChI is InChI=1S/C19H23NO3/c1-14(12-13-15-8-5-4-6-9-15)20-19(21)16-10-7-11-17(22-2)18(16)23-3/h4-11,14H,12-13H2,1-3H3,(H,20,21)/t14-/m0/s1. The van der Waals surface area contributed by atoms with Crippen molar-refractivity contribution in [1.29, 1.82) is 0 Å². The number of aryl methyl sites for hydroxylation is 1. The first kappa shape index (κ1) is 16.9. The van der Waals surface area contributed by atoms with Crippen LogP contribution in [-0.2, 0) is 6.42 Å². The zero-order valence-electron chi connectivity index (χ0n) is 13.8. The minimum atomic E-state index is -0.152. The fraction of sp³-hybridized carbons (Fsp3) is 0.316. The second-order valence-corrected chi connectivity index (χ2v) is 5.44. The van der Waals surface area contributed by atoms with Gasteiger partial charge in [0.15, 0.2) is 11.5 Å². The Morgan fingerprint density at radius 2 is 1.78 bits per heavy atom. The zero-order valence-corrected chi connectivity index (χ0v) is 13.8. The van der Waals surface area contributed by atoms with Crippen molar-refractivity contribution in [1.82, 2.24) is 5.32 Å². The Hall–Kier alpha value is -2.49. The van der Waals surface area contributed by atoms with E-state index in [2.05, 4.69) is 17.4 Å². The zero-order chi connectivity index (χ0) is 16.7. The Balaban J connectivity index is 1.98. The van der Waals surface area contributed by atoms with Crippen molar-refractivity contribution in [3.8, 4) is 11.5 Å². The van der Waals surface area contributed by atoms with E-state index in [9.17, 15) is 4.79 Å². The maximum absolute atomic E-state index is 12.5. The van der Waals surface area contributed by atoms with Gasteiger partial charge in [0.1, 0.15) is 0 Å². The summed E-state index contributed by atoms with van der Waals surface area (Å²) >= 11 is 0. The summed E-state index contributed by atoms with van der Waals surface area (Å²) in [6, 6.07) is 15.6. The third-order valence-electron chi connectivity index (χ3n) is 3.73. The van der Waals surface area contributed by atoms with Gasteiger partial charge in [-0.2, -0.15) is 0 Å². The van der Waals surface area contributed by atoms with Crippen molar-refractivity contribution in [2.75, 3.05) is 14.2 Å². The minimum absolute atomic E-state index is 0.0682. The molecule has 4 heteroatoms. The molecule has 0 heterocycles. The molecule has 0 aliphatic carbocycles. The van der Waals surface area contributed by atoms with E-state index in [-0.39, 0.29) is 11.9 Å². The van der Waals surface area contributed by atoms with Gasteiger partial charge in [0.05, 0.1) is 19.8 Å². The number of hydrogen-bond donors (Lipinski definition) is 1. The highest BCUT2D eigenvalue weighted by atomic mass is 16.5. The third kappa shape index (κ3) is 4.49.